The Labute approximate surface area is 84.9 Å². The van der Waals surface area contributed by atoms with Gasteiger partial charge in [-0.2, -0.15) is 0 Å². The van der Waals surface area contributed by atoms with Crippen molar-refractivity contribution in [2.75, 3.05) is 6.51 Å². The third-order valence-electron chi connectivity index (χ3n) is 1.52. The number of rotatable bonds is 3. The maximum absolute atomic E-state index is 11.8. The number of hydrogen-bond donors (Lipinski definition) is 0. The van der Waals surface area contributed by atoms with Crippen LogP contribution in [0.25, 0.3) is 0 Å². The minimum absolute atomic E-state index is 0.0662. The summed E-state index contributed by atoms with van der Waals surface area (Å²) in [4.78, 5) is 0. The molecule has 0 aliphatic rings. The lowest BCUT2D eigenvalue weighted by Crippen LogP contribution is -2.26. The van der Waals surface area contributed by atoms with Crippen LogP contribution < -0.4 is 4.74 Å². The maximum Gasteiger partial charge on any atom is 0.515 e. The molecule has 0 aliphatic heterocycles. The first-order valence-corrected chi connectivity index (χ1v) is 4.36. The zero-order chi connectivity index (χ0) is 10.8. The van der Waals surface area contributed by atoms with Crippen LogP contribution in [0.3, 0.4) is 0 Å². The fourth-order valence-electron chi connectivity index (χ4n) is 0.907. The Hall–Kier alpha value is -0.835. The van der Waals surface area contributed by atoms with Gasteiger partial charge in [0.25, 0.3) is 0 Å². The Balaban J connectivity index is 2.68. The van der Waals surface area contributed by atoms with Gasteiger partial charge in [0, 0.05) is 0 Å². The van der Waals surface area contributed by atoms with E-state index in [1.165, 1.54) is 6.07 Å². The van der Waals surface area contributed by atoms with Crippen LogP contribution in [-0.2, 0) is 0 Å². The molecule has 0 fully saturated rings. The van der Waals surface area contributed by atoms with E-state index >= 15 is 0 Å². The van der Waals surface area contributed by atoms with Gasteiger partial charge in [-0.05, 0) is 24.6 Å². The second-order valence-corrected chi connectivity index (χ2v) is 3.36. The van der Waals surface area contributed by atoms with Crippen LogP contribution in [-0.4, -0.2) is 13.5 Å². The molecule has 1 rings (SSSR count). The summed E-state index contributed by atoms with van der Waals surface area (Å²) in [6.45, 7) is -4.40. The van der Waals surface area contributed by atoms with Gasteiger partial charge in [-0.3, -0.25) is 0 Å². The molecule has 0 aliphatic carbocycles. The van der Waals surface area contributed by atoms with Gasteiger partial charge in [0.05, 0.1) is 11.5 Å². The molecule has 0 amide bonds. The third-order valence-corrected chi connectivity index (χ3v) is 1.81. The van der Waals surface area contributed by atoms with Crippen molar-refractivity contribution >= 4 is 18.6 Å². The van der Waals surface area contributed by atoms with Crippen LogP contribution in [0.4, 0.5) is 12.9 Å². The van der Waals surface area contributed by atoms with Gasteiger partial charge in [-0.25, -0.2) is 0 Å². The van der Waals surface area contributed by atoms with E-state index in [9.17, 15) is 12.9 Å². The lowest BCUT2D eigenvalue weighted by atomic mass is 9.95. The zero-order valence-corrected chi connectivity index (χ0v) is 8.19. The summed E-state index contributed by atoms with van der Waals surface area (Å²) < 4.78 is 40.1. The second kappa shape index (κ2) is 4.13. The summed E-state index contributed by atoms with van der Waals surface area (Å²) in [5.41, 5.74) is 0.875. The van der Waals surface area contributed by atoms with Gasteiger partial charge in [0.1, 0.15) is 5.75 Å². The molecule has 0 saturated carbocycles. The fraction of sp³-hybridized carbons (Fsp3) is 0.250. The molecule has 0 saturated heterocycles. The average Bonchev–Trinajstić information content (AvgIpc) is 2.00. The van der Waals surface area contributed by atoms with Gasteiger partial charge in [-0.15, -0.1) is 0 Å². The molecule has 1 nitrogen and oxygen atoms in total. The quantitative estimate of drug-likeness (QED) is 0.714. The Morgan fingerprint density at radius 1 is 1.36 bits per heavy atom. The van der Waals surface area contributed by atoms with Crippen LogP contribution in [0, 0.1) is 6.92 Å². The SMILES string of the molecule is Cc1ccc(OC[B-](F)(F)F)c(Cl)c1. The third kappa shape index (κ3) is 3.50. The summed E-state index contributed by atoms with van der Waals surface area (Å²) in [5.74, 6) is 0.0662. The van der Waals surface area contributed by atoms with Gasteiger partial charge < -0.3 is 17.7 Å². The number of halogens is 4. The van der Waals surface area contributed by atoms with Crippen LogP contribution >= 0.6 is 11.6 Å². The van der Waals surface area contributed by atoms with E-state index in [-0.39, 0.29) is 10.8 Å². The van der Waals surface area contributed by atoms with Crippen molar-refractivity contribution in [1.82, 2.24) is 0 Å². The largest absolute Gasteiger partial charge is 0.520 e. The van der Waals surface area contributed by atoms with Gasteiger partial charge in [-0.1, -0.05) is 17.7 Å². The second-order valence-electron chi connectivity index (χ2n) is 2.96. The van der Waals surface area contributed by atoms with Gasteiger partial charge >= 0.3 is 6.98 Å². The maximum atomic E-state index is 11.8. The molecule has 0 unspecified atom stereocenters. The Bertz CT molecular complexity index is 327. The molecule has 14 heavy (non-hydrogen) atoms. The smallest absolute Gasteiger partial charge is 0.515 e. The summed E-state index contributed by atoms with van der Waals surface area (Å²) >= 11 is 5.67. The van der Waals surface area contributed by atoms with E-state index in [0.717, 1.165) is 5.56 Å². The van der Waals surface area contributed by atoms with E-state index in [1.807, 2.05) is 0 Å². The predicted molar refractivity (Wildman–Crippen MR) is 50.8 cm³/mol. The van der Waals surface area contributed by atoms with E-state index in [2.05, 4.69) is 4.74 Å². The van der Waals surface area contributed by atoms with Crippen LogP contribution in [0.15, 0.2) is 18.2 Å². The first-order chi connectivity index (χ1) is 6.38. The topological polar surface area (TPSA) is 9.23 Å². The minimum atomic E-state index is -4.93. The van der Waals surface area contributed by atoms with E-state index < -0.39 is 13.5 Å². The molecule has 78 valence electrons. The normalized spacial score (nSPS) is 11.5. The number of ether oxygens (including phenoxy) is 1. The van der Waals surface area contributed by atoms with Crippen molar-refractivity contribution in [3.63, 3.8) is 0 Å². The molecular weight excluding hydrogens is 215 g/mol. The number of aryl methyl sites for hydroxylation is 1. The predicted octanol–water partition coefficient (Wildman–Crippen LogP) is 3.41. The van der Waals surface area contributed by atoms with Crippen LogP contribution in [0.1, 0.15) is 5.56 Å². The van der Waals surface area contributed by atoms with Crippen molar-refractivity contribution in [1.29, 1.82) is 0 Å². The summed E-state index contributed by atoms with van der Waals surface area (Å²) in [7, 11) is 0. The highest BCUT2D eigenvalue weighted by Crippen LogP contribution is 2.26. The highest BCUT2D eigenvalue weighted by atomic mass is 35.5. The number of hydrogen-bond acceptors (Lipinski definition) is 1. The zero-order valence-electron chi connectivity index (χ0n) is 7.44. The summed E-state index contributed by atoms with van der Waals surface area (Å²) in [6, 6.07) is 4.63. The Morgan fingerprint density at radius 2 is 2.00 bits per heavy atom. The van der Waals surface area contributed by atoms with E-state index in [0.29, 0.717) is 0 Å². The molecular formula is C8H8BClF3O-. The molecule has 0 heterocycles. The minimum Gasteiger partial charge on any atom is -0.520 e. The monoisotopic (exact) mass is 223 g/mol. The van der Waals surface area contributed by atoms with Crippen molar-refractivity contribution in [2.24, 2.45) is 0 Å². The Kier molecular flexibility index (Phi) is 3.31. The molecule has 1 aromatic rings. The molecule has 0 bridgehead atoms. The highest BCUT2D eigenvalue weighted by Gasteiger charge is 2.24. The lowest BCUT2D eigenvalue weighted by Gasteiger charge is -2.15. The van der Waals surface area contributed by atoms with Gasteiger partial charge in [0.2, 0.25) is 0 Å². The highest BCUT2D eigenvalue weighted by molar-refractivity contribution is 6.58. The summed E-state index contributed by atoms with van der Waals surface area (Å²) in [6.07, 6.45) is 0. The van der Waals surface area contributed by atoms with E-state index in [4.69, 9.17) is 11.6 Å². The molecule has 0 aromatic heterocycles. The Morgan fingerprint density at radius 3 is 2.50 bits per heavy atom. The molecule has 0 radical (unpaired) electrons. The molecule has 0 N–H and O–H groups in total. The van der Waals surface area contributed by atoms with Crippen molar-refractivity contribution in [3.8, 4) is 5.75 Å². The fourth-order valence-corrected chi connectivity index (χ4v) is 1.20. The van der Waals surface area contributed by atoms with Crippen molar-refractivity contribution in [3.05, 3.63) is 28.8 Å². The number of benzene rings is 1. The van der Waals surface area contributed by atoms with Crippen molar-refractivity contribution < 1.29 is 17.7 Å². The average molecular weight is 223 g/mol. The molecule has 1 aromatic carbocycles. The summed E-state index contributed by atoms with van der Waals surface area (Å²) in [5, 5.41) is 0.199. The van der Waals surface area contributed by atoms with Crippen LogP contribution in [0.2, 0.25) is 5.02 Å². The van der Waals surface area contributed by atoms with Crippen molar-refractivity contribution in [2.45, 2.75) is 6.92 Å². The lowest BCUT2D eigenvalue weighted by molar-refractivity contribution is 0.313. The van der Waals surface area contributed by atoms with Gasteiger partial charge in [0.15, 0.2) is 0 Å². The molecule has 0 atom stereocenters. The first kappa shape index (κ1) is 11.2. The first-order valence-electron chi connectivity index (χ1n) is 3.98. The molecule has 0 spiro atoms. The van der Waals surface area contributed by atoms with E-state index in [1.54, 1.807) is 19.1 Å². The molecule has 6 heteroatoms. The standard InChI is InChI=1S/C8H8BClF3O/c1-6-2-3-8(7(10)4-6)14-5-9(11,12)13/h2-4H,5H2,1H3/q-1. The van der Waals surface area contributed by atoms with Crippen LogP contribution in [0.5, 0.6) is 5.75 Å².